The van der Waals surface area contributed by atoms with Gasteiger partial charge in [0.25, 0.3) is 0 Å². The molecule has 0 atom stereocenters. The van der Waals surface area contributed by atoms with Crippen LogP contribution >= 0.6 is 0 Å². The average Bonchev–Trinajstić information content (AvgIpc) is 2.29. The molecule has 0 spiro atoms. The monoisotopic (exact) mass is 234 g/mol. The molecule has 2 aromatic carbocycles. The van der Waals surface area contributed by atoms with Gasteiger partial charge in [0.05, 0.1) is 7.11 Å². The fraction of sp³-hybridized carbons (Fsp3) is 0.143. The average molecular weight is 234 g/mol. The molecule has 0 saturated carbocycles. The molecule has 2 rings (SSSR count). The van der Waals surface area contributed by atoms with E-state index in [1.807, 2.05) is 31.2 Å². The van der Waals surface area contributed by atoms with E-state index in [0.717, 1.165) is 11.1 Å². The van der Waals surface area contributed by atoms with E-state index in [2.05, 4.69) is 4.74 Å². The Balaban J connectivity index is 2.59. The largest absolute Gasteiger partial charge is 0.491 e. The van der Waals surface area contributed by atoms with Crippen LogP contribution in [0.4, 0.5) is 8.78 Å². The Morgan fingerprint density at radius 2 is 1.59 bits per heavy atom. The molecule has 0 aliphatic heterocycles. The lowest BCUT2D eigenvalue weighted by atomic mass is 10.0. The predicted octanol–water partition coefficient (Wildman–Crippen LogP) is 3.95. The van der Waals surface area contributed by atoms with E-state index in [1.54, 1.807) is 0 Å². The summed E-state index contributed by atoms with van der Waals surface area (Å²) in [6.07, 6.45) is 0. The number of rotatable bonds is 2. The summed E-state index contributed by atoms with van der Waals surface area (Å²) < 4.78 is 31.8. The molecule has 88 valence electrons. The number of hydrogen-bond acceptors (Lipinski definition) is 1. The topological polar surface area (TPSA) is 9.23 Å². The quantitative estimate of drug-likeness (QED) is 0.764. The third-order valence-electron chi connectivity index (χ3n) is 2.66. The highest BCUT2D eigenvalue weighted by Gasteiger charge is 2.13. The highest BCUT2D eigenvalue weighted by molar-refractivity contribution is 5.68. The lowest BCUT2D eigenvalue weighted by Gasteiger charge is -2.09. The summed E-state index contributed by atoms with van der Waals surface area (Å²) in [6.45, 7) is 1.90. The Kier molecular flexibility index (Phi) is 3.09. The number of ether oxygens (including phenoxy) is 1. The Bertz CT molecular complexity index is 527. The van der Waals surface area contributed by atoms with E-state index in [1.165, 1.54) is 19.2 Å². The van der Waals surface area contributed by atoms with E-state index < -0.39 is 11.6 Å². The van der Waals surface area contributed by atoms with Crippen molar-refractivity contribution in [2.75, 3.05) is 7.11 Å². The Labute approximate surface area is 98.7 Å². The molecule has 0 aliphatic rings. The SMILES string of the molecule is COc1c(F)cc(-c2ccccc2C)cc1F. The molecule has 0 radical (unpaired) electrons. The minimum Gasteiger partial charge on any atom is -0.491 e. The number of hydrogen-bond donors (Lipinski definition) is 0. The maximum absolute atomic E-state index is 13.6. The smallest absolute Gasteiger partial charge is 0.190 e. The van der Waals surface area contributed by atoms with Crippen LogP contribution in [0.25, 0.3) is 11.1 Å². The second-order valence-corrected chi connectivity index (χ2v) is 3.79. The molecular formula is C14H12F2O. The molecule has 17 heavy (non-hydrogen) atoms. The van der Waals surface area contributed by atoms with E-state index >= 15 is 0 Å². The van der Waals surface area contributed by atoms with Gasteiger partial charge in [-0.1, -0.05) is 24.3 Å². The van der Waals surface area contributed by atoms with Crippen LogP contribution in [0.15, 0.2) is 36.4 Å². The second-order valence-electron chi connectivity index (χ2n) is 3.79. The number of methoxy groups -OCH3 is 1. The van der Waals surface area contributed by atoms with Crippen molar-refractivity contribution in [1.29, 1.82) is 0 Å². The van der Waals surface area contributed by atoms with E-state index in [0.29, 0.717) is 5.56 Å². The fourth-order valence-corrected chi connectivity index (χ4v) is 1.81. The summed E-state index contributed by atoms with van der Waals surface area (Å²) in [5.41, 5.74) is 2.29. The van der Waals surface area contributed by atoms with Crippen LogP contribution in [-0.2, 0) is 0 Å². The van der Waals surface area contributed by atoms with Gasteiger partial charge in [-0.2, -0.15) is 0 Å². The van der Waals surface area contributed by atoms with Gasteiger partial charge in [0.1, 0.15) is 0 Å². The lowest BCUT2D eigenvalue weighted by Crippen LogP contribution is -1.94. The molecule has 3 heteroatoms. The Morgan fingerprint density at radius 1 is 1.00 bits per heavy atom. The van der Waals surface area contributed by atoms with Gasteiger partial charge in [0.2, 0.25) is 0 Å². The van der Waals surface area contributed by atoms with Crippen LogP contribution in [-0.4, -0.2) is 7.11 Å². The first-order chi connectivity index (χ1) is 8.13. The molecule has 0 heterocycles. The molecule has 0 aromatic heterocycles. The molecule has 0 fully saturated rings. The second kappa shape index (κ2) is 4.53. The Morgan fingerprint density at radius 3 is 2.12 bits per heavy atom. The van der Waals surface area contributed by atoms with E-state index in [4.69, 9.17) is 0 Å². The molecule has 0 aliphatic carbocycles. The fourth-order valence-electron chi connectivity index (χ4n) is 1.81. The summed E-state index contributed by atoms with van der Waals surface area (Å²) in [4.78, 5) is 0. The maximum atomic E-state index is 13.6. The van der Waals surface area contributed by atoms with Crippen LogP contribution in [0, 0.1) is 18.6 Å². The molecule has 0 unspecified atom stereocenters. The third kappa shape index (κ3) is 2.13. The van der Waals surface area contributed by atoms with Gasteiger partial charge in [-0.3, -0.25) is 0 Å². The Hall–Kier alpha value is -1.90. The summed E-state index contributed by atoms with van der Waals surface area (Å²) in [7, 11) is 1.24. The lowest BCUT2D eigenvalue weighted by molar-refractivity contribution is 0.360. The maximum Gasteiger partial charge on any atom is 0.190 e. The molecule has 1 nitrogen and oxygen atoms in total. The van der Waals surface area contributed by atoms with Crippen LogP contribution in [0.3, 0.4) is 0 Å². The number of aryl methyl sites for hydroxylation is 1. The highest BCUT2D eigenvalue weighted by Crippen LogP contribution is 2.30. The predicted molar refractivity (Wildman–Crippen MR) is 63.1 cm³/mol. The van der Waals surface area contributed by atoms with Gasteiger partial charge < -0.3 is 4.74 Å². The van der Waals surface area contributed by atoms with Crippen molar-refractivity contribution in [2.24, 2.45) is 0 Å². The van der Waals surface area contributed by atoms with Crippen molar-refractivity contribution in [1.82, 2.24) is 0 Å². The van der Waals surface area contributed by atoms with Gasteiger partial charge in [-0.15, -0.1) is 0 Å². The molecule has 0 N–H and O–H groups in total. The first-order valence-corrected chi connectivity index (χ1v) is 5.22. The minimum atomic E-state index is -0.689. The summed E-state index contributed by atoms with van der Waals surface area (Å²) in [5, 5.41) is 0. The van der Waals surface area contributed by atoms with Crippen LogP contribution in [0.2, 0.25) is 0 Å². The van der Waals surface area contributed by atoms with Gasteiger partial charge in [0.15, 0.2) is 17.4 Å². The molecule has 0 amide bonds. The minimum absolute atomic E-state index is 0.345. The summed E-state index contributed by atoms with van der Waals surface area (Å²) in [6, 6.07) is 10.0. The number of halogens is 2. The van der Waals surface area contributed by atoms with Gasteiger partial charge in [-0.25, -0.2) is 8.78 Å². The van der Waals surface area contributed by atoms with Gasteiger partial charge in [-0.05, 0) is 35.7 Å². The van der Waals surface area contributed by atoms with Crippen molar-refractivity contribution in [3.63, 3.8) is 0 Å². The van der Waals surface area contributed by atoms with Crippen molar-refractivity contribution in [3.05, 3.63) is 53.6 Å². The molecule has 0 saturated heterocycles. The van der Waals surface area contributed by atoms with E-state index in [-0.39, 0.29) is 5.75 Å². The van der Waals surface area contributed by atoms with Crippen molar-refractivity contribution < 1.29 is 13.5 Å². The summed E-state index contributed by atoms with van der Waals surface area (Å²) in [5.74, 6) is -1.72. The highest BCUT2D eigenvalue weighted by atomic mass is 19.1. The van der Waals surface area contributed by atoms with Crippen molar-refractivity contribution in [2.45, 2.75) is 6.92 Å². The van der Waals surface area contributed by atoms with Crippen molar-refractivity contribution in [3.8, 4) is 16.9 Å². The van der Waals surface area contributed by atoms with Crippen LogP contribution in [0.5, 0.6) is 5.75 Å². The van der Waals surface area contributed by atoms with E-state index in [9.17, 15) is 8.78 Å². The van der Waals surface area contributed by atoms with Crippen LogP contribution < -0.4 is 4.74 Å². The molecular weight excluding hydrogens is 222 g/mol. The number of benzene rings is 2. The normalized spacial score (nSPS) is 10.4. The zero-order valence-electron chi connectivity index (χ0n) is 9.63. The van der Waals surface area contributed by atoms with Gasteiger partial charge in [0, 0.05) is 0 Å². The van der Waals surface area contributed by atoms with Crippen molar-refractivity contribution >= 4 is 0 Å². The summed E-state index contributed by atoms with van der Waals surface area (Å²) >= 11 is 0. The first kappa shape index (κ1) is 11.6. The molecule has 2 aromatic rings. The standard InChI is InChI=1S/C14H12F2O/c1-9-5-3-4-6-11(9)10-7-12(15)14(17-2)13(16)8-10/h3-8H,1-2H3. The van der Waals surface area contributed by atoms with Crippen LogP contribution in [0.1, 0.15) is 5.56 Å². The van der Waals surface area contributed by atoms with Gasteiger partial charge >= 0.3 is 0 Å². The first-order valence-electron chi connectivity index (χ1n) is 5.22. The zero-order chi connectivity index (χ0) is 12.4. The third-order valence-corrected chi connectivity index (χ3v) is 2.66. The zero-order valence-corrected chi connectivity index (χ0v) is 9.63. The molecule has 0 bridgehead atoms.